The number of hydrogen-bond donors (Lipinski definition) is 1. The van der Waals surface area contributed by atoms with Gasteiger partial charge in [-0.1, -0.05) is 54.1 Å². The molecule has 0 saturated carbocycles. The Morgan fingerprint density at radius 1 is 1.19 bits per heavy atom. The number of carbonyl (C=O) groups is 1. The number of benzene rings is 2. The van der Waals surface area contributed by atoms with Gasteiger partial charge < -0.3 is 10.6 Å². The van der Waals surface area contributed by atoms with E-state index in [-0.39, 0.29) is 5.91 Å². The van der Waals surface area contributed by atoms with Gasteiger partial charge in [-0.25, -0.2) is 0 Å². The summed E-state index contributed by atoms with van der Waals surface area (Å²) in [5.74, 6) is -0.0799. The van der Waals surface area contributed by atoms with Gasteiger partial charge in [0, 0.05) is 18.1 Å². The SMILES string of the molecule is CCN(Cc1cccc(Cl)c1)C(=O)[C@@H](N)c1ccccc1. The number of nitrogens with two attached hydrogens (primary N) is 1. The lowest BCUT2D eigenvalue weighted by molar-refractivity contribution is -0.133. The van der Waals surface area contributed by atoms with Crippen LogP contribution < -0.4 is 5.73 Å². The van der Waals surface area contributed by atoms with Crippen molar-refractivity contribution in [2.45, 2.75) is 19.5 Å². The van der Waals surface area contributed by atoms with E-state index in [1.807, 2.05) is 61.5 Å². The van der Waals surface area contributed by atoms with Crippen LogP contribution in [0.1, 0.15) is 24.1 Å². The zero-order chi connectivity index (χ0) is 15.2. The first-order valence-corrected chi connectivity index (χ1v) is 7.33. The van der Waals surface area contributed by atoms with Gasteiger partial charge in [-0.15, -0.1) is 0 Å². The molecule has 0 fully saturated rings. The highest BCUT2D eigenvalue weighted by Gasteiger charge is 2.21. The molecule has 0 aliphatic rings. The van der Waals surface area contributed by atoms with Crippen LogP contribution in [0.5, 0.6) is 0 Å². The molecule has 3 nitrogen and oxygen atoms in total. The lowest BCUT2D eigenvalue weighted by Gasteiger charge is -2.24. The molecule has 0 aliphatic heterocycles. The van der Waals surface area contributed by atoms with E-state index in [1.165, 1.54) is 0 Å². The molecule has 1 amide bonds. The molecule has 0 heterocycles. The van der Waals surface area contributed by atoms with Crippen molar-refractivity contribution in [3.63, 3.8) is 0 Å². The standard InChI is InChI=1S/C17H19ClN2O/c1-2-20(12-13-7-6-10-15(18)11-13)17(21)16(19)14-8-4-3-5-9-14/h3-11,16H,2,12,19H2,1H3/t16-/m0/s1. The third kappa shape index (κ3) is 4.06. The molecule has 0 saturated heterocycles. The van der Waals surface area contributed by atoms with Gasteiger partial charge in [0.2, 0.25) is 5.91 Å². The maximum atomic E-state index is 12.5. The number of nitrogens with zero attached hydrogens (tertiary/aromatic N) is 1. The average molecular weight is 303 g/mol. The van der Waals surface area contributed by atoms with Crippen molar-refractivity contribution in [2.24, 2.45) is 5.73 Å². The molecular formula is C17H19ClN2O. The Labute approximate surface area is 130 Å². The van der Waals surface area contributed by atoms with Crippen LogP contribution in [-0.4, -0.2) is 17.4 Å². The van der Waals surface area contributed by atoms with Gasteiger partial charge in [0.05, 0.1) is 0 Å². The number of hydrogen-bond acceptors (Lipinski definition) is 2. The Morgan fingerprint density at radius 3 is 2.52 bits per heavy atom. The zero-order valence-electron chi connectivity index (χ0n) is 12.0. The summed E-state index contributed by atoms with van der Waals surface area (Å²) in [6.45, 7) is 3.06. The van der Waals surface area contributed by atoms with Gasteiger partial charge in [0.1, 0.15) is 6.04 Å². The summed E-state index contributed by atoms with van der Waals surface area (Å²) < 4.78 is 0. The second kappa shape index (κ2) is 7.25. The molecule has 2 aromatic carbocycles. The molecule has 4 heteroatoms. The van der Waals surface area contributed by atoms with Crippen molar-refractivity contribution in [1.29, 1.82) is 0 Å². The molecule has 0 radical (unpaired) electrons. The summed E-state index contributed by atoms with van der Waals surface area (Å²) in [5.41, 5.74) is 7.91. The Morgan fingerprint density at radius 2 is 1.90 bits per heavy atom. The maximum Gasteiger partial charge on any atom is 0.244 e. The van der Waals surface area contributed by atoms with E-state index >= 15 is 0 Å². The molecule has 0 aromatic heterocycles. The number of carbonyl (C=O) groups excluding carboxylic acids is 1. The maximum absolute atomic E-state index is 12.5. The van der Waals surface area contributed by atoms with Crippen LogP contribution in [0.25, 0.3) is 0 Å². The lowest BCUT2D eigenvalue weighted by atomic mass is 10.1. The molecule has 0 aliphatic carbocycles. The molecule has 0 spiro atoms. The molecule has 2 rings (SSSR count). The van der Waals surface area contributed by atoms with Crippen LogP contribution in [0.2, 0.25) is 5.02 Å². The highest BCUT2D eigenvalue weighted by molar-refractivity contribution is 6.30. The predicted molar refractivity (Wildman–Crippen MR) is 85.9 cm³/mol. The van der Waals surface area contributed by atoms with Crippen molar-refractivity contribution in [3.8, 4) is 0 Å². The quantitative estimate of drug-likeness (QED) is 0.920. The van der Waals surface area contributed by atoms with Gasteiger partial charge in [0.25, 0.3) is 0 Å². The van der Waals surface area contributed by atoms with Gasteiger partial charge in [0.15, 0.2) is 0 Å². The van der Waals surface area contributed by atoms with Gasteiger partial charge in [-0.3, -0.25) is 4.79 Å². The van der Waals surface area contributed by atoms with Gasteiger partial charge >= 0.3 is 0 Å². The lowest BCUT2D eigenvalue weighted by Crippen LogP contribution is -2.38. The molecule has 2 aromatic rings. The van der Waals surface area contributed by atoms with Crippen LogP contribution in [-0.2, 0) is 11.3 Å². The van der Waals surface area contributed by atoms with Crippen LogP contribution in [0.3, 0.4) is 0 Å². The van der Waals surface area contributed by atoms with Crippen molar-refractivity contribution in [2.75, 3.05) is 6.54 Å². The monoisotopic (exact) mass is 302 g/mol. The Kier molecular flexibility index (Phi) is 5.37. The summed E-state index contributed by atoms with van der Waals surface area (Å²) in [7, 11) is 0. The first-order valence-electron chi connectivity index (χ1n) is 6.95. The van der Waals surface area contributed by atoms with Crippen LogP contribution in [0.4, 0.5) is 0 Å². The minimum Gasteiger partial charge on any atom is -0.337 e. The van der Waals surface area contributed by atoms with Crippen LogP contribution in [0.15, 0.2) is 54.6 Å². The average Bonchev–Trinajstić information content (AvgIpc) is 2.52. The van der Waals surface area contributed by atoms with E-state index in [9.17, 15) is 4.79 Å². The molecule has 21 heavy (non-hydrogen) atoms. The second-order valence-corrected chi connectivity index (χ2v) is 5.31. The highest BCUT2D eigenvalue weighted by Crippen LogP contribution is 2.17. The predicted octanol–water partition coefficient (Wildman–Crippen LogP) is 3.39. The first kappa shape index (κ1) is 15.5. The molecular weight excluding hydrogens is 284 g/mol. The molecule has 110 valence electrons. The number of rotatable bonds is 5. The summed E-state index contributed by atoms with van der Waals surface area (Å²) in [5, 5.41) is 0.670. The Bertz CT molecular complexity index is 601. The number of halogens is 1. The van der Waals surface area contributed by atoms with E-state index in [2.05, 4.69) is 0 Å². The normalized spacial score (nSPS) is 12.0. The van der Waals surface area contributed by atoms with Crippen LogP contribution >= 0.6 is 11.6 Å². The molecule has 2 N–H and O–H groups in total. The van der Waals surface area contributed by atoms with Crippen LogP contribution in [0, 0.1) is 0 Å². The Hall–Kier alpha value is -1.84. The summed E-state index contributed by atoms with van der Waals surface area (Å²) in [6.07, 6.45) is 0. The van der Waals surface area contributed by atoms with E-state index in [0.717, 1.165) is 11.1 Å². The summed E-state index contributed by atoms with van der Waals surface area (Å²) in [6, 6.07) is 16.3. The smallest absolute Gasteiger partial charge is 0.244 e. The Balaban J connectivity index is 2.12. The van der Waals surface area contributed by atoms with E-state index in [4.69, 9.17) is 17.3 Å². The largest absolute Gasteiger partial charge is 0.337 e. The van der Waals surface area contributed by atoms with Crippen molar-refractivity contribution >= 4 is 17.5 Å². The zero-order valence-corrected chi connectivity index (χ0v) is 12.8. The van der Waals surface area contributed by atoms with E-state index in [0.29, 0.717) is 18.1 Å². The molecule has 1 atom stereocenters. The summed E-state index contributed by atoms with van der Waals surface area (Å²) in [4.78, 5) is 14.3. The molecule has 0 bridgehead atoms. The summed E-state index contributed by atoms with van der Waals surface area (Å²) >= 11 is 5.98. The number of likely N-dealkylation sites (N-methyl/N-ethyl adjacent to an activating group) is 1. The van der Waals surface area contributed by atoms with Crippen molar-refractivity contribution in [3.05, 3.63) is 70.7 Å². The van der Waals surface area contributed by atoms with Gasteiger partial charge in [-0.2, -0.15) is 0 Å². The van der Waals surface area contributed by atoms with E-state index < -0.39 is 6.04 Å². The van der Waals surface area contributed by atoms with E-state index in [1.54, 1.807) is 4.90 Å². The topological polar surface area (TPSA) is 46.3 Å². The highest BCUT2D eigenvalue weighted by atomic mass is 35.5. The van der Waals surface area contributed by atoms with Crippen molar-refractivity contribution < 1.29 is 4.79 Å². The fourth-order valence-corrected chi connectivity index (χ4v) is 2.41. The third-order valence-corrected chi connectivity index (χ3v) is 3.62. The fourth-order valence-electron chi connectivity index (χ4n) is 2.20. The number of amides is 1. The fraction of sp³-hybridized carbons (Fsp3) is 0.235. The minimum atomic E-state index is -0.634. The first-order chi connectivity index (χ1) is 10.1. The molecule has 0 unspecified atom stereocenters. The third-order valence-electron chi connectivity index (χ3n) is 3.38. The second-order valence-electron chi connectivity index (χ2n) is 4.87. The van der Waals surface area contributed by atoms with Crippen molar-refractivity contribution in [1.82, 2.24) is 4.90 Å². The van der Waals surface area contributed by atoms with Gasteiger partial charge in [-0.05, 0) is 30.2 Å². The minimum absolute atomic E-state index is 0.0799.